The lowest BCUT2D eigenvalue weighted by Crippen LogP contribution is -2.28. The van der Waals surface area contributed by atoms with E-state index < -0.39 is 0 Å². The van der Waals surface area contributed by atoms with Crippen molar-refractivity contribution in [3.05, 3.63) is 48.1 Å². The Bertz CT molecular complexity index is 338. The van der Waals surface area contributed by atoms with Gasteiger partial charge in [-0.25, -0.2) is 0 Å². The highest BCUT2D eigenvalue weighted by molar-refractivity contribution is 5.96. The zero-order valence-corrected chi connectivity index (χ0v) is 9.48. The highest BCUT2D eigenvalue weighted by atomic mass is 16.5. The van der Waals surface area contributed by atoms with Crippen LogP contribution in [0, 0.1) is 0 Å². The summed E-state index contributed by atoms with van der Waals surface area (Å²) >= 11 is 0. The second-order valence-electron chi connectivity index (χ2n) is 3.20. The van der Waals surface area contributed by atoms with Crippen LogP contribution >= 0.6 is 0 Å². The molecule has 0 atom stereocenters. The molecule has 0 aromatic carbocycles. The van der Waals surface area contributed by atoms with E-state index in [2.05, 4.69) is 5.32 Å². The van der Waals surface area contributed by atoms with Gasteiger partial charge in [0.1, 0.15) is 0 Å². The summed E-state index contributed by atoms with van der Waals surface area (Å²) in [6.45, 7) is 3.69. The van der Waals surface area contributed by atoms with E-state index in [0.29, 0.717) is 25.3 Å². The largest absolute Gasteiger partial charge is 0.380 e. The lowest BCUT2D eigenvalue weighted by atomic mass is 10.1. The molecule has 0 fully saturated rings. The molecular weight excluding hydrogens is 202 g/mol. The van der Waals surface area contributed by atoms with Crippen LogP contribution in [0.15, 0.2) is 48.1 Å². The van der Waals surface area contributed by atoms with Gasteiger partial charge in [0, 0.05) is 18.7 Å². The van der Waals surface area contributed by atoms with Crippen molar-refractivity contribution in [1.82, 2.24) is 5.32 Å². The molecule has 1 amide bonds. The molecule has 3 heteroatoms. The fraction of sp³-hybridized carbons (Fsp3) is 0.308. The first-order chi connectivity index (χ1) is 7.84. The van der Waals surface area contributed by atoms with Crippen molar-refractivity contribution < 1.29 is 9.53 Å². The van der Waals surface area contributed by atoms with Gasteiger partial charge in [0.2, 0.25) is 0 Å². The van der Waals surface area contributed by atoms with Crippen LogP contribution in [0.25, 0.3) is 0 Å². The molecule has 0 saturated heterocycles. The van der Waals surface area contributed by atoms with Gasteiger partial charge in [-0.3, -0.25) is 4.79 Å². The van der Waals surface area contributed by atoms with E-state index >= 15 is 0 Å². The predicted octanol–water partition coefficient (Wildman–Crippen LogP) is 1.75. The molecule has 0 aromatic rings. The van der Waals surface area contributed by atoms with E-state index in [0.717, 1.165) is 0 Å². The monoisotopic (exact) mass is 219 g/mol. The van der Waals surface area contributed by atoms with Crippen molar-refractivity contribution in [3.63, 3.8) is 0 Å². The van der Waals surface area contributed by atoms with Crippen molar-refractivity contribution in [2.45, 2.75) is 6.92 Å². The summed E-state index contributed by atoms with van der Waals surface area (Å²) in [5.41, 5.74) is 0.650. The second kappa shape index (κ2) is 7.65. The Morgan fingerprint density at radius 3 is 2.81 bits per heavy atom. The Morgan fingerprint density at radius 1 is 1.25 bits per heavy atom. The molecule has 0 aliphatic heterocycles. The third kappa shape index (κ3) is 4.75. The van der Waals surface area contributed by atoms with Crippen LogP contribution in [-0.4, -0.2) is 25.7 Å². The molecule has 0 saturated carbocycles. The molecule has 0 heterocycles. The number of hydrogen-bond donors (Lipinski definition) is 1. The average Bonchev–Trinajstić information content (AvgIpc) is 2.23. The molecule has 0 unspecified atom stereocenters. The number of rotatable bonds is 5. The van der Waals surface area contributed by atoms with E-state index in [1.807, 2.05) is 37.3 Å². The van der Waals surface area contributed by atoms with Crippen LogP contribution in [0.4, 0.5) is 0 Å². The minimum Gasteiger partial charge on any atom is -0.380 e. The molecule has 0 aromatic heterocycles. The highest BCUT2D eigenvalue weighted by Crippen LogP contribution is 2.01. The summed E-state index contributed by atoms with van der Waals surface area (Å²) in [4.78, 5) is 11.7. The predicted molar refractivity (Wildman–Crippen MR) is 65.0 cm³/mol. The Hall–Kier alpha value is -1.61. The first-order valence-corrected chi connectivity index (χ1v) is 5.42. The molecule has 16 heavy (non-hydrogen) atoms. The number of allylic oxidation sites excluding steroid dienone is 6. The molecule has 3 nitrogen and oxygen atoms in total. The smallest absolute Gasteiger partial charge is 0.251 e. The van der Waals surface area contributed by atoms with E-state index in [-0.39, 0.29) is 5.91 Å². The quantitative estimate of drug-likeness (QED) is 0.715. The number of carbonyl (C=O) groups excluding carboxylic acids is 1. The first kappa shape index (κ1) is 12.5. The Kier molecular flexibility index (Phi) is 5.96. The van der Waals surface area contributed by atoms with Crippen molar-refractivity contribution in [2.75, 3.05) is 19.8 Å². The topological polar surface area (TPSA) is 38.3 Å². The standard InChI is InChI=1S/C13H17NO2/c1-2-16-11-10-14-13(15)12-8-6-4-3-5-7-9-12/h3-9H,2,10-11H2,1H3,(H,14,15)/b4-3-,5-3?,6-4?,7-5-,8-6-,9-7?,12-8?,12-9+. The number of hydrogen-bond acceptors (Lipinski definition) is 2. The van der Waals surface area contributed by atoms with Gasteiger partial charge in [-0.1, -0.05) is 30.4 Å². The van der Waals surface area contributed by atoms with Gasteiger partial charge in [-0.15, -0.1) is 0 Å². The van der Waals surface area contributed by atoms with Crippen LogP contribution in [0.5, 0.6) is 0 Å². The fourth-order valence-corrected chi connectivity index (χ4v) is 1.20. The maximum absolute atomic E-state index is 11.7. The summed E-state index contributed by atoms with van der Waals surface area (Å²) in [5, 5.41) is 2.79. The minimum atomic E-state index is -0.0732. The summed E-state index contributed by atoms with van der Waals surface area (Å²) in [6.07, 6.45) is 13.0. The zero-order chi connectivity index (χ0) is 11.6. The SMILES string of the molecule is CCOCCNC(=O)C1=C/C=C\C=C/C=C\1. The van der Waals surface area contributed by atoms with Gasteiger partial charge in [0.25, 0.3) is 5.91 Å². The minimum absolute atomic E-state index is 0.0732. The normalized spacial score (nSPS) is 23.4. The molecule has 1 aliphatic rings. The fourth-order valence-electron chi connectivity index (χ4n) is 1.20. The van der Waals surface area contributed by atoms with Crippen molar-refractivity contribution >= 4 is 5.91 Å². The average molecular weight is 219 g/mol. The van der Waals surface area contributed by atoms with Crippen molar-refractivity contribution in [1.29, 1.82) is 0 Å². The maximum atomic E-state index is 11.7. The third-order valence-electron chi connectivity index (χ3n) is 1.99. The number of carbonyl (C=O) groups is 1. The van der Waals surface area contributed by atoms with Crippen LogP contribution in [0.1, 0.15) is 6.92 Å². The van der Waals surface area contributed by atoms with Gasteiger partial charge in [-0.05, 0) is 19.1 Å². The number of nitrogens with one attached hydrogen (secondary N) is 1. The van der Waals surface area contributed by atoms with E-state index in [9.17, 15) is 4.79 Å². The molecule has 0 radical (unpaired) electrons. The second-order valence-corrected chi connectivity index (χ2v) is 3.20. The lowest BCUT2D eigenvalue weighted by molar-refractivity contribution is -0.117. The van der Waals surface area contributed by atoms with Gasteiger partial charge >= 0.3 is 0 Å². The van der Waals surface area contributed by atoms with Gasteiger partial charge in [0.15, 0.2) is 0 Å². The number of ether oxygens (including phenoxy) is 1. The summed E-state index contributed by atoms with van der Waals surface area (Å²) < 4.78 is 5.14. The van der Waals surface area contributed by atoms with Gasteiger partial charge in [0.05, 0.1) is 6.61 Å². The van der Waals surface area contributed by atoms with E-state index in [1.165, 1.54) is 0 Å². The van der Waals surface area contributed by atoms with Crippen LogP contribution < -0.4 is 5.32 Å². The van der Waals surface area contributed by atoms with Crippen molar-refractivity contribution in [2.24, 2.45) is 0 Å². The summed E-state index contributed by atoms with van der Waals surface area (Å²) in [7, 11) is 0. The molecule has 1 aliphatic carbocycles. The molecule has 1 rings (SSSR count). The van der Waals surface area contributed by atoms with Gasteiger partial charge < -0.3 is 10.1 Å². The lowest BCUT2D eigenvalue weighted by Gasteiger charge is -2.05. The van der Waals surface area contributed by atoms with Crippen LogP contribution in [0.3, 0.4) is 0 Å². The maximum Gasteiger partial charge on any atom is 0.251 e. The van der Waals surface area contributed by atoms with E-state index in [4.69, 9.17) is 4.74 Å². The van der Waals surface area contributed by atoms with Crippen LogP contribution in [-0.2, 0) is 9.53 Å². The summed E-state index contributed by atoms with van der Waals surface area (Å²) in [6, 6.07) is 0. The van der Waals surface area contributed by atoms with Gasteiger partial charge in [-0.2, -0.15) is 0 Å². The molecule has 1 N–H and O–H groups in total. The zero-order valence-electron chi connectivity index (χ0n) is 9.48. The molecule has 0 spiro atoms. The van der Waals surface area contributed by atoms with E-state index in [1.54, 1.807) is 12.2 Å². The Labute approximate surface area is 96.2 Å². The summed E-state index contributed by atoms with van der Waals surface area (Å²) in [5.74, 6) is -0.0732. The Morgan fingerprint density at radius 2 is 2.00 bits per heavy atom. The van der Waals surface area contributed by atoms with Crippen molar-refractivity contribution in [3.8, 4) is 0 Å². The third-order valence-corrected chi connectivity index (χ3v) is 1.99. The molecule has 0 bridgehead atoms. The first-order valence-electron chi connectivity index (χ1n) is 5.42. The van der Waals surface area contributed by atoms with Crippen LogP contribution in [0.2, 0.25) is 0 Å². The number of amides is 1. The molecule has 86 valence electrons. The Balaban J connectivity index is 2.40. The highest BCUT2D eigenvalue weighted by Gasteiger charge is 2.04. The molecular formula is C13H17NO2.